The van der Waals surface area contributed by atoms with E-state index in [0.717, 1.165) is 4.47 Å². The highest BCUT2D eigenvalue weighted by atomic mass is 127. The fraction of sp³-hybridized carbons (Fsp3) is 0.143. The monoisotopic (exact) mass is 520 g/mol. The summed E-state index contributed by atoms with van der Waals surface area (Å²) in [5, 5.41) is 0.516. The first-order valence-electron chi connectivity index (χ1n) is 6.15. The van der Waals surface area contributed by atoms with Gasteiger partial charge in [-0.25, -0.2) is 4.98 Å². The van der Waals surface area contributed by atoms with Crippen LogP contribution in [0.25, 0.3) is 10.9 Å². The van der Waals surface area contributed by atoms with Gasteiger partial charge in [0.05, 0.1) is 22.9 Å². The van der Waals surface area contributed by atoms with Crippen molar-refractivity contribution in [3.63, 3.8) is 0 Å². The Morgan fingerprint density at radius 2 is 2.05 bits per heavy atom. The largest absolute Gasteiger partial charge is 0.290 e. The molecule has 4 rings (SSSR count). The molecule has 4 nitrogen and oxygen atoms in total. The molecule has 2 atom stereocenters. The molecule has 0 N–H and O–H groups in total. The molecule has 0 saturated heterocycles. The SMILES string of the molecule is O=C1c2nc3c(Br)cc(Br)cc3c(=O)n2C2C=CI=CC12. The van der Waals surface area contributed by atoms with Crippen molar-refractivity contribution in [1.82, 2.24) is 9.55 Å². The Balaban J connectivity index is 2.13. The smallest absolute Gasteiger partial charge is 0.262 e. The summed E-state index contributed by atoms with van der Waals surface area (Å²) in [6.45, 7) is 0. The second-order valence-electron chi connectivity index (χ2n) is 4.85. The average molecular weight is 522 g/mol. The van der Waals surface area contributed by atoms with Crippen molar-refractivity contribution < 1.29 is 4.79 Å². The Bertz CT molecular complexity index is 933. The molecular formula is C14H7Br2IN2O2. The molecule has 21 heavy (non-hydrogen) atoms. The quantitative estimate of drug-likeness (QED) is 0.498. The topological polar surface area (TPSA) is 52.0 Å². The summed E-state index contributed by atoms with van der Waals surface area (Å²) in [4.78, 5) is 29.8. The van der Waals surface area contributed by atoms with E-state index >= 15 is 0 Å². The van der Waals surface area contributed by atoms with Gasteiger partial charge in [0.15, 0.2) is 5.82 Å². The van der Waals surface area contributed by atoms with Crippen molar-refractivity contribution >= 4 is 73.3 Å². The lowest BCUT2D eigenvalue weighted by Crippen LogP contribution is -2.25. The first-order valence-corrected chi connectivity index (χ1v) is 10.2. The number of carbonyl (C=O) groups excluding carboxylic acids is 1. The molecule has 1 aromatic carbocycles. The minimum Gasteiger partial charge on any atom is -0.290 e. The Labute approximate surface area is 146 Å². The summed E-state index contributed by atoms with van der Waals surface area (Å²) in [5.74, 6) is 0.0113. The van der Waals surface area contributed by atoms with Gasteiger partial charge >= 0.3 is 0 Å². The van der Waals surface area contributed by atoms with Crippen LogP contribution >= 0.6 is 52.6 Å². The maximum absolute atomic E-state index is 12.8. The number of allylic oxidation sites excluding steroid dienone is 1. The van der Waals surface area contributed by atoms with E-state index in [1.54, 1.807) is 10.6 Å². The molecule has 0 bridgehead atoms. The van der Waals surface area contributed by atoms with Gasteiger partial charge in [-0.1, -0.05) is 42.7 Å². The van der Waals surface area contributed by atoms with Crippen molar-refractivity contribution in [1.29, 1.82) is 0 Å². The molecule has 7 heteroatoms. The van der Waals surface area contributed by atoms with Crippen LogP contribution < -0.4 is 5.56 Å². The first-order chi connectivity index (χ1) is 10.1. The van der Waals surface area contributed by atoms with Gasteiger partial charge in [0, 0.05) is 8.95 Å². The molecule has 3 heterocycles. The van der Waals surface area contributed by atoms with Gasteiger partial charge in [0.2, 0.25) is 5.78 Å². The summed E-state index contributed by atoms with van der Waals surface area (Å²) >= 11 is 6.61. The third-order valence-corrected chi connectivity index (χ3v) is 6.75. The number of nitrogens with zero attached hydrogens (tertiary/aromatic N) is 2. The zero-order chi connectivity index (χ0) is 14.7. The number of hydrogen-bond acceptors (Lipinski definition) is 3. The first kappa shape index (κ1) is 14.0. The lowest BCUT2D eigenvalue weighted by molar-refractivity contribution is 0.0963. The summed E-state index contributed by atoms with van der Waals surface area (Å²) in [6, 6.07) is 3.38. The average Bonchev–Trinajstić information content (AvgIpc) is 2.75. The zero-order valence-electron chi connectivity index (χ0n) is 10.4. The van der Waals surface area contributed by atoms with Gasteiger partial charge in [-0.2, -0.15) is 0 Å². The Morgan fingerprint density at radius 1 is 1.24 bits per heavy atom. The number of hydrogen-bond donors (Lipinski definition) is 0. The van der Waals surface area contributed by atoms with Crippen LogP contribution in [-0.2, 0) is 0 Å². The van der Waals surface area contributed by atoms with E-state index in [4.69, 9.17) is 0 Å². The number of ketones is 1. The predicted molar refractivity (Wildman–Crippen MR) is 97.5 cm³/mol. The van der Waals surface area contributed by atoms with E-state index in [1.165, 1.54) is 0 Å². The molecule has 1 aromatic heterocycles. The molecule has 0 amide bonds. The maximum Gasteiger partial charge on any atom is 0.262 e. The van der Waals surface area contributed by atoms with E-state index < -0.39 is 0 Å². The van der Waals surface area contributed by atoms with Crippen molar-refractivity contribution in [2.75, 3.05) is 0 Å². The molecule has 0 aliphatic carbocycles. The van der Waals surface area contributed by atoms with E-state index in [0.29, 0.717) is 15.4 Å². The second-order valence-corrected chi connectivity index (χ2v) is 8.77. The number of Topliss-reactive ketones (excluding diaryl/α,β-unsaturated/α-hetero) is 1. The summed E-state index contributed by atoms with van der Waals surface area (Å²) < 4.78 is 7.22. The minimum atomic E-state index is -0.220. The van der Waals surface area contributed by atoms with Crippen LogP contribution in [0.15, 0.2) is 36.0 Å². The Kier molecular flexibility index (Phi) is 3.27. The van der Waals surface area contributed by atoms with Crippen molar-refractivity contribution in [2.45, 2.75) is 6.04 Å². The van der Waals surface area contributed by atoms with Crippen LogP contribution in [-0.4, -0.2) is 19.3 Å². The van der Waals surface area contributed by atoms with Crippen LogP contribution in [0.4, 0.5) is 0 Å². The van der Waals surface area contributed by atoms with Crippen molar-refractivity contribution in [3.05, 3.63) is 47.4 Å². The fourth-order valence-electron chi connectivity index (χ4n) is 2.72. The molecule has 2 aromatic rings. The van der Waals surface area contributed by atoms with Gasteiger partial charge < -0.3 is 0 Å². The van der Waals surface area contributed by atoms with Crippen LogP contribution in [0.2, 0.25) is 0 Å². The summed E-state index contributed by atoms with van der Waals surface area (Å²) in [6.07, 6.45) is 1.98. The van der Waals surface area contributed by atoms with E-state index in [-0.39, 0.29) is 49.9 Å². The highest BCUT2D eigenvalue weighted by Crippen LogP contribution is 2.35. The van der Waals surface area contributed by atoms with Gasteiger partial charge in [0.25, 0.3) is 5.56 Å². The number of benzene rings is 1. The van der Waals surface area contributed by atoms with Gasteiger partial charge in [0.1, 0.15) is 0 Å². The number of fused-ring (bicyclic) bond motifs is 4. The highest BCUT2D eigenvalue weighted by Gasteiger charge is 2.40. The molecule has 0 fully saturated rings. The van der Waals surface area contributed by atoms with E-state index in [1.807, 2.05) is 12.1 Å². The van der Waals surface area contributed by atoms with Crippen LogP contribution in [0.1, 0.15) is 16.7 Å². The lowest BCUT2D eigenvalue weighted by Gasteiger charge is -2.15. The Hall–Kier alpha value is -0.670. The third kappa shape index (κ3) is 1.97. The van der Waals surface area contributed by atoms with Crippen LogP contribution in [0.5, 0.6) is 0 Å². The molecular weight excluding hydrogens is 515 g/mol. The molecule has 2 aliphatic rings. The fourth-order valence-corrected chi connectivity index (χ4v) is 6.14. The van der Waals surface area contributed by atoms with E-state index in [9.17, 15) is 9.59 Å². The molecule has 2 unspecified atom stereocenters. The number of carbonyl (C=O) groups is 1. The summed E-state index contributed by atoms with van der Waals surface area (Å²) in [7, 11) is 0. The van der Waals surface area contributed by atoms with E-state index in [2.05, 4.69) is 44.9 Å². The van der Waals surface area contributed by atoms with Crippen LogP contribution in [0, 0.1) is 5.92 Å². The van der Waals surface area contributed by atoms with Crippen molar-refractivity contribution in [3.8, 4) is 0 Å². The standard InChI is InChI=1S/C14H7Br2IN2O2/c15-6-3-7-11(9(16)4-6)18-13-12(20)8-5-17-2-1-10(8)19(13)14(7)21/h1-5,8,10H. The molecule has 2 aliphatic heterocycles. The molecule has 0 spiro atoms. The number of aromatic nitrogens is 2. The number of rotatable bonds is 0. The lowest BCUT2D eigenvalue weighted by atomic mass is 10.0. The van der Waals surface area contributed by atoms with Crippen molar-refractivity contribution in [2.24, 2.45) is 5.92 Å². The van der Waals surface area contributed by atoms with Gasteiger partial charge in [-0.05, 0) is 36.2 Å². The van der Waals surface area contributed by atoms with Crippen LogP contribution in [0.3, 0.4) is 0 Å². The van der Waals surface area contributed by atoms with Gasteiger partial charge in [-0.15, -0.1) is 0 Å². The molecule has 106 valence electrons. The second kappa shape index (κ2) is 4.92. The maximum atomic E-state index is 12.8. The molecule has 0 saturated carbocycles. The zero-order valence-corrected chi connectivity index (χ0v) is 15.7. The molecule has 0 radical (unpaired) electrons. The van der Waals surface area contributed by atoms with Gasteiger partial charge in [-0.3, -0.25) is 14.2 Å². The number of halogens is 3. The third-order valence-electron chi connectivity index (χ3n) is 3.66. The minimum absolute atomic E-state index is 0.0436. The highest BCUT2D eigenvalue weighted by molar-refractivity contribution is 14.2. The Morgan fingerprint density at radius 3 is 2.86 bits per heavy atom. The summed E-state index contributed by atoms with van der Waals surface area (Å²) in [5.41, 5.74) is 0.385. The predicted octanol–water partition coefficient (Wildman–Crippen LogP) is 3.58. The normalized spacial score (nSPS) is 23.0.